The molecule has 0 bridgehead atoms. The van der Waals surface area contributed by atoms with Crippen molar-refractivity contribution < 1.29 is 27.8 Å². The summed E-state index contributed by atoms with van der Waals surface area (Å²) in [6.45, 7) is 7.77. The first-order valence-corrected chi connectivity index (χ1v) is 18.7. The fourth-order valence-corrected chi connectivity index (χ4v) is 9.53. The van der Waals surface area contributed by atoms with E-state index in [2.05, 4.69) is 21.0 Å². The number of nitrogens with zero attached hydrogens (tertiary/aromatic N) is 6. The molecule has 1 fully saturated rings. The molecule has 7 rings (SSSR count). The molecule has 0 saturated carbocycles. The Morgan fingerprint density at radius 3 is 2.31 bits per heavy atom. The SMILES string of the molecule is CC(C)N(C(C)C)P(=O)(OCCC#N)O[C@H]1C[C@H](n2cnc3cncnc32)O[C@@H]1COC1(c2ccccc2)c2ccccc2Oc2ccccc21. The Hall–Kier alpha value is -4.47. The number of nitriles is 1. The molecule has 13 heteroatoms. The zero-order chi connectivity index (χ0) is 35.6. The molecule has 1 unspecified atom stereocenters. The molecule has 5 aromatic rings. The third-order valence-electron chi connectivity index (χ3n) is 9.20. The maximum absolute atomic E-state index is 14.9. The van der Waals surface area contributed by atoms with Crippen LogP contribution in [0, 0.1) is 11.3 Å². The quantitative estimate of drug-likeness (QED) is 0.0877. The van der Waals surface area contributed by atoms with Crippen LogP contribution in [-0.4, -0.2) is 61.7 Å². The smallest absolute Gasteiger partial charge is 0.409 e. The molecule has 0 radical (unpaired) electrons. The van der Waals surface area contributed by atoms with Crippen LogP contribution in [0.25, 0.3) is 11.2 Å². The lowest BCUT2D eigenvalue weighted by molar-refractivity contribution is -0.0942. The van der Waals surface area contributed by atoms with Crippen LogP contribution < -0.4 is 4.74 Å². The minimum Gasteiger partial charge on any atom is -0.457 e. The Balaban J connectivity index is 1.30. The number of hydrogen-bond donors (Lipinski definition) is 0. The summed E-state index contributed by atoms with van der Waals surface area (Å²) in [6.07, 6.45) is 3.09. The van der Waals surface area contributed by atoms with E-state index in [4.69, 9.17) is 23.3 Å². The first kappa shape index (κ1) is 35.0. The van der Waals surface area contributed by atoms with Gasteiger partial charge in [-0.15, -0.1) is 0 Å². The largest absolute Gasteiger partial charge is 0.457 e. The second-order valence-electron chi connectivity index (χ2n) is 13.1. The minimum absolute atomic E-state index is 0.0435. The van der Waals surface area contributed by atoms with E-state index >= 15 is 0 Å². The summed E-state index contributed by atoms with van der Waals surface area (Å²) in [5.74, 6) is 1.37. The highest BCUT2D eigenvalue weighted by Gasteiger charge is 2.50. The molecule has 2 aliphatic heterocycles. The molecule has 264 valence electrons. The van der Waals surface area contributed by atoms with Gasteiger partial charge in [0.1, 0.15) is 41.8 Å². The Bertz CT molecular complexity index is 2010. The molecule has 0 amide bonds. The van der Waals surface area contributed by atoms with Gasteiger partial charge in [-0.05, 0) is 45.4 Å². The zero-order valence-electron chi connectivity index (χ0n) is 29.0. The second-order valence-corrected chi connectivity index (χ2v) is 15.0. The molecule has 2 aliphatic rings. The number of rotatable bonds is 13. The molecule has 0 aliphatic carbocycles. The molecule has 51 heavy (non-hydrogen) atoms. The summed E-state index contributed by atoms with van der Waals surface area (Å²) in [7, 11) is -3.97. The molecule has 3 aromatic carbocycles. The normalized spacial score (nSPS) is 20.5. The highest BCUT2D eigenvalue weighted by Crippen LogP contribution is 2.58. The van der Waals surface area contributed by atoms with Crippen LogP contribution >= 0.6 is 7.75 Å². The van der Waals surface area contributed by atoms with Gasteiger partial charge in [0.05, 0.1) is 38.2 Å². The van der Waals surface area contributed by atoms with Crippen LogP contribution in [0.1, 0.15) is 63.5 Å². The molecule has 0 N–H and O–H groups in total. The van der Waals surface area contributed by atoms with E-state index in [1.54, 1.807) is 17.2 Å². The van der Waals surface area contributed by atoms with Crippen molar-refractivity contribution in [3.63, 3.8) is 0 Å². The van der Waals surface area contributed by atoms with Gasteiger partial charge < -0.3 is 14.2 Å². The van der Waals surface area contributed by atoms with Crippen molar-refractivity contribution in [1.82, 2.24) is 24.2 Å². The fourth-order valence-electron chi connectivity index (χ4n) is 7.21. The third-order valence-corrected chi connectivity index (χ3v) is 11.7. The van der Waals surface area contributed by atoms with Crippen molar-refractivity contribution in [2.45, 2.75) is 76.7 Å². The van der Waals surface area contributed by atoms with E-state index in [0.29, 0.717) is 29.1 Å². The zero-order valence-corrected chi connectivity index (χ0v) is 29.9. The van der Waals surface area contributed by atoms with E-state index < -0.39 is 31.8 Å². The van der Waals surface area contributed by atoms with E-state index in [-0.39, 0.29) is 31.7 Å². The number of imidazole rings is 1. The average molecular weight is 709 g/mol. The first-order chi connectivity index (χ1) is 24.7. The van der Waals surface area contributed by atoms with Crippen molar-refractivity contribution in [2.75, 3.05) is 13.2 Å². The monoisotopic (exact) mass is 708 g/mol. The lowest BCUT2D eigenvalue weighted by Crippen LogP contribution is -2.41. The molecule has 0 spiro atoms. The first-order valence-electron chi connectivity index (χ1n) is 17.2. The predicted molar refractivity (Wildman–Crippen MR) is 190 cm³/mol. The van der Waals surface area contributed by atoms with Crippen molar-refractivity contribution >= 4 is 18.9 Å². The van der Waals surface area contributed by atoms with Gasteiger partial charge in [0.15, 0.2) is 11.2 Å². The lowest BCUT2D eigenvalue weighted by Gasteiger charge is -2.41. The average Bonchev–Trinajstić information content (AvgIpc) is 3.74. The molecule has 4 heterocycles. The molecule has 12 nitrogen and oxygen atoms in total. The molecule has 4 atom stereocenters. The van der Waals surface area contributed by atoms with E-state index in [0.717, 1.165) is 16.7 Å². The maximum Gasteiger partial charge on any atom is 0.409 e. The van der Waals surface area contributed by atoms with Crippen molar-refractivity contribution in [3.05, 3.63) is 114 Å². The number of benzene rings is 3. The van der Waals surface area contributed by atoms with Crippen LogP contribution in [-0.2, 0) is 28.7 Å². The number of ether oxygens (including phenoxy) is 3. The van der Waals surface area contributed by atoms with E-state index in [1.165, 1.54) is 6.33 Å². The minimum atomic E-state index is -3.97. The summed E-state index contributed by atoms with van der Waals surface area (Å²) in [6, 6.07) is 27.5. The molecular weight excluding hydrogens is 667 g/mol. The summed E-state index contributed by atoms with van der Waals surface area (Å²) < 4.78 is 51.6. The van der Waals surface area contributed by atoms with Gasteiger partial charge in [0.25, 0.3) is 0 Å². The van der Waals surface area contributed by atoms with Gasteiger partial charge in [-0.3, -0.25) is 13.6 Å². The highest BCUT2D eigenvalue weighted by atomic mass is 31.2. The maximum atomic E-state index is 14.9. The van der Waals surface area contributed by atoms with Gasteiger partial charge >= 0.3 is 7.75 Å². The third kappa shape index (κ3) is 6.58. The van der Waals surface area contributed by atoms with Gasteiger partial charge in [-0.1, -0.05) is 66.7 Å². The van der Waals surface area contributed by atoms with Gasteiger partial charge in [0.2, 0.25) is 0 Å². The lowest BCUT2D eigenvalue weighted by atomic mass is 9.77. The van der Waals surface area contributed by atoms with Gasteiger partial charge in [0, 0.05) is 29.6 Å². The number of fused-ring (bicyclic) bond motifs is 3. The van der Waals surface area contributed by atoms with Crippen LogP contribution in [0.2, 0.25) is 0 Å². The van der Waals surface area contributed by atoms with Crippen LogP contribution in [0.4, 0.5) is 0 Å². The van der Waals surface area contributed by atoms with Crippen molar-refractivity contribution in [1.29, 1.82) is 5.26 Å². The van der Waals surface area contributed by atoms with Crippen molar-refractivity contribution in [2.24, 2.45) is 0 Å². The summed E-state index contributed by atoms with van der Waals surface area (Å²) in [4.78, 5) is 13.1. The van der Waals surface area contributed by atoms with Gasteiger partial charge in [-0.2, -0.15) is 5.26 Å². The van der Waals surface area contributed by atoms with E-state index in [1.807, 2.05) is 111 Å². The Morgan fingerprint density at radius 2 is 1.65 bits per heavy atom. The Kier molecular flexibility index (Phi) is 10.0. The Morgan fingerprint density at radius 1 is 0.980 bits per heavy atom. The topological polar surface area (TPSA) is 134 Å². The van der Waals surface area contributed by atoms with Crippen molar-refractivity contribution in [3.8, 4) is 17.6 Å². The number of para-hydroxylation sites is 2. The standard InChI is InChI=1S/C38H41N6O6P/c1-26(2)44(27(3)4)51(45,47-20-12-19-39)50-34-21-36(43-25-42-31-22-40-24-41-37(31)43)49-35(34)23-46-38(28-13-6-5-7-14-28)29-15-8-10-17-32(29)48-33-18-11-9-16-30(33)38/h5-11,13-18,22,24-27,34-36H,12,20-21,23H2,1-4H3/t34-,35+,36+,51?/m0/s1. The predicted octanol–water partition coefficient (Wildman–Crippen LogP) is 7.77. The number of aromatic nitrogens is 4. The summed E-state index contributed by atoms with van der Waals surface area (Å²) >= 11 is 0. The molecular formula is C38H41N6O6P. The van der Waals surface area contributed by atoms with Crippen LogP contribution in [0.5, 0.6) is 11.5 Å². The fraction of sp³-hybridized carbons (Fsp3) is 0.368. The van der Waals surface area contributed by atoms with Gasteiger partial charge in [-0.25, -0.2) is 24.2 Å². The molecule has 1 saturated heterocycles. The van der Waals surface area contributed by atoms with Crippen LogP contribution in [0.15, 0.2) is 97.7 Å². The molecule has 2 aromatic heterocycles. The number of hydrogen-bond acceptors (Lipinski definition) is 10. The van der Waals surface area contributed by atoms with Crippen LogP contribution in [0.3, 0.4) is 0 Å². The second kappa shape index (κ2) is 14.6. The summed E-state index contributed by atoms with van der Waals surface area (Å²) in [5, 5.41) is 9.29. The Labute approximate surface area is 297 Å². The van der Waals surface area contributed by atoms with E-state index in [9.17, 15) is 9.83 Å². The highest BCUT2D eigenvalue weighted by molar-refractivity contribution is 7.51. The summed E-state index contributed by atoms with van der Waals surface area (Å²) in [5.41, 5.74) is 2.73.